The highest BCUT2D eigenvalue weighted by Crippen LogP contribution is 2.53. The molecular formula is C21H20N4O6S. The first-order chi connectivity index (χ1) is 15.3. The van der Waals surface area contributed by atoms with Gasteiger partial charge in [0.1, 0.15) is 0 Å². The van der Waals surface area contributed by atoms with E-state index in [0.29, 0.717) is 5.69 Å². The first kappa shape index (κ1) is 20.4. The fourth-order valence-corrected chi connectivity index (χ4v) is 5.77. The largest absolute Gasteiger partial charge is 0.481 e. The van der Waals surface area contributed by atoms with Crippen molar-refractivity contribution in [3.05, 3.63) is 42.5 Å². The molecule has 166 valence electrons. The summed E-state index contributed by atoms with van der Waals surface area (Å²) >= 11 is 0. The molecule has 2 aromatic rings. The number of hydrogen-bond donors (Lipinski definition) is 1. The molecule has 1 aromatic heterocycles. The third-order valence-corrected chi connectivity index (χ3v) is 7.56. The fraction of sp³-hybridized carbons (Fsp3) is 0.333. The Balaban J connectivity index is 1.38. The van der Waals surface area contributed by atoms with E-state index in [-0.39, 0.29) is 58.1 Å². The number of rotatable bonds is 6. The lowest BCUT2D eigenvalue weighted by molar-refractivity contribution is -0.123. The molecule has 0 radical (unpaired) electrons. The van der Waals surface area contributed by atoms with Gasteiger partial charge in [0.25, 0.3) is 10.0 Å². The summed E-state index contributed by atoms with van der Waals surface area (Å²) in [7, 11) is -1.27. The average molecular weight is 456 g/mol. The summed E-state index contributed by atoms with van der Waals surface area (Å²) in [6.45, 7) is 0. The van der Waals surface area contributed by atoms with Gasteiger partial charge in [-0.15, -0.1) is 0 Å². The maximum Gasteiger partial charge on any atom is 0.321 e. The third-order valence-electron chi connectivity index (χ3n) is 6.19. The highest BCUT2D eigenvalue weighted by Gasteiger charge is 2.59. The molecule has 2 amide bonds. The van der Waals surface area contributed by atoms with Gasteiger partial charge in [0.15, 0.2) is 5.82 Å². The van der Waals surface area contributed by atoms with Crippen molar-refractivity contribution in [2.24, 2.45) is 23.7 Å². The van der Waals surface area contributed by atoms with Gasteiger partial charge in [-0.05, 0) is 42.5 Å². The van der Waals surface area contributed by atoms with E-state index in [2.05, 4.69) is 14.7 Å². The van der Waals surface area contributed by atoms with Crippen molar-refractivity contribution in [3.8, 4) is 11.9 Å². The van der Waals surface area contributed by atoms with Gasteiger partial charge >= 0.3 is 6.01 Å². The number of allylic oxidation sites excluding steroid dienone is 2. The van der Waals surface area contributed by atoms with Crippen LogP contribution >= 0.6 is 0 Å². The number of carbonyl (C=O) groups excluding carboxylic acids is 2. The number of fused-ring (bicyclic) bond motifs is 5. The number of carbonyl (C=O) groups is 2. The highest BCUT2D eigenvalue weighted by atomic mass is 32.2. The number of imide groups is 1. The number of methoxy groups -OCH3 is 2. The van der Waals surface area contributed by atoms with Crippen LogP contribution in [0.3, 0.4) is 0 Å². The van der Waals surface area contributed by atoms with Gasteiger partial charge in [0, 0.05) is 6.07 Å². The molecule has 11 heteroatoms. The minimum absolute atomic E-state index is 0.0292. The van der Waals surface area contributed by atoms with Crippen LogP contribution in [0.1, 0.15) is 6.42 Å². The Morgan fingerprint density at radius 2 is 1.59 bits per heavy atom. The number of nitrogens with zero attached hydrogens (tertiary/aromatic N) is 3. The van der Waals surface area contributed by atoms with Crippen LogP contribution in [0.2, 0.25) is 0 Å². The number of benzene rings is 1. The Hall–Kier alpha value is -3.47. The van der Waals surface area contributed by atoms with Crippen LogP contribution < -0.4 is 19.1 Å². The number of aromatic nitrogens is 2. The molecule has 0 unspecified atom stereocenters. The molecular weight excluding hydrogens is 436 g/mol. The molecule has 2 heterocycles. The molecule has 3 aliphatic rings. The quantitative estimate of drug-likeness (QED) is 0.513. The van der Waals surface area contributed by atoms with Gasteiger partial charge in [-0.3, -0.25) is 19.2 Å². The fourth-order valence-electron chi connectivity index (χ4n) is 4.78. The Kier molecular flexibility index (Phi) is 4.66. The number of nitrogens with one attached hydrogen (secondary N) is 1. The lowest BCUT2D eigenvalue weighted by Crippen LogP contribution is -2.32. The topological polar surface area (TPSA) is 128 Å². The molecule has 32 heavy (non-hydrogen) atoms. The van der Waals surface area contributed by atoms with Gasteiger partial charge in [-0.25, -0.2) is 8.42 Å². The van der Waals surface area contributed by atoms with Crippen molar-refractivity contribution < 1.29 is 27.5 Å². The van der Waals surface area contributed by atoms with Crippen molar-refractivity contribution in [3.63, 3.8) is 0 Å². The third kappa shape index (κ3) is 3.11. The van der Waals surface area contributed by atoms with Crippen LogP contribution in [0.5, 0.6) is 11.9 Å². The Morgan fingerprint density at radius 1 is 0.969 bits per heavy atom. The van der Waals surface area contributed by atoms with Gasteiger partial charge in [-0.2, -0.15) is 9.97 Å². The van der Waals surface area contributed by atoms with E-state index in [4.69, 9.17) is 9.47 Å². The molecule has 4 atom stereocenters. The van der Waals surface area contributed by atoms with Crippen LogP contribution in [-0.4, -0.2) is 44.4 Å². The molecule has 2 aliphatic carbocycles. The van der Waals surface area contributed by atoms with E-state index in [1.54, 1.807) is 0 Å². The SMILES string of the molecule is COc1cc(NS(=O)(=O)c2ccc(N3C(=O)[C@@H]4[C@H](C3=O)[C@H]3C=C[C@H]4C3)cc2)nc(OC)n1. The van der Waals surface area contributed by atoms with E-state index in [1.807, 2.05) is 12.2 Å². The van der Waals surface area contributed by atoms with Crippen LogP contribution in [0.15, 0.2) is 47.4 Å². The lowest BCUT2D eigenvalue weighted by atomic mass is 9.85. The second-order valence-corrected chi connectivity index (χ2v) is 9.58. The van der Waals surface area contributed by atoms with E-state index < -0.39 is 10.0 Å². The molecule has 1 saturated heterocycles. The van der Waals surface area contributed by atoms with Gasteiger partial charge in [0.05, 0.1) is 36.6 Å². The van der Waals surface area contributed by atoms with Crippen molar-refractivity contribution in [2.45, 2.75) is 11.3 Å². The first-order valence-electron chi connectivity index (χ1n) is 9.98. The molecule has 1 saturated carbocycles. The summed E-state index contributed by atoms with van der Waals surface area (Å²) in [6.07, 6.45) is 4.90. The molecule has 2 bridgehead atoms. The summed E-state index contributed by atoms with van der Waals surface area (Å²) in [5, 5.41) is 0. The molecule has 1 aliphatic heterocycles. The van der Waals surface area contributed by atoms with Crippen LogP contribution in [0.4, 0.5) is 11.5 Å². The summed E-state index contributed by atoms with van der Waals surface area (Å²) in [6, 6.07) is 6.86. The molecule has 1 N–H and O–H groups in total. The monoisotopic (exact) mass is 456 g/mol. The lowest BCUT2D eigenvalue weighted by Gasteiger charge is -2.17. The van der Waals surface area contributed by atoms with E-state index in [9.17, 15) is 18.0 Å². The minimum atomic E-state index is -4.00. The Bertz CT molecular complexity index is 1190. The first-order valence-corrected chi connectivity index (χ1v) is 11.5. The zero-order valence-electron chi connectivity index (χ0n) is 17.3. The standard InChI is InChI=1S/C21H20N4O6S/c1-30-16-10-15(22-21(23-16)31-2)24-32(28,29)14-7-5-13(6-8-14)25-19(26)17-11-3-4-12(9-11)18(17)20(25)27/h3-8,10-12,17-18H,9H2,1-2H3,(H,22,23,24)/t11-,12-,17-,18+/m0/s1. The van der Waals surface area contributed by atoms with Gasteiger partial charge in [-0.1, -0.05) is 12.2 Å². The summed E-state index contributed by atoms with van der Waals surface area (Å²) < 4.78 is 37.9. The molecule has 2 fully saturated rings. The smallest absolute Gasteiger partial charge is 0.321 e. The zero-order chi connectivity index (χ0) is 22.6. The van der Waals surface area contributed by atoms with Crippen molar-refractivity contribution in [2.75, 3.05) is 23.8 Å². The van der Waals surface area contributed by atoms with Crippen molar-refractivity contribution >= 4 is 33.3 Å². The maximum atomic E-state index is 12.9. The molecule has 5 rings (SSSR count). The zero-order valence-corrected chi connectivity index (χ0v) is 18.1. The van der Waals surface area contributed by atoms with E-state index in [1.165, 1.54) is 49.5 Å². The summed E-state index contributed by atoms with van der Waals surface area (Å²) in [5.74, 6) is -0.746. The van der Waals surface area contributed by atoms with Crippen LogP contribution in [0.25, 0.3) is 0 Å². The number of hydrogen-bond acceptors (Lipinski definition) is 8. The predicted octanol–water partition coefficient (Wildman–Crippen LogP) is 1.61. The second kappa shape index (κ2) is 7.30. The number of ether oxygens (including phenoxy) is 2. The minimum Gasteiger partial charge on any atom is -0.481 e. The summed E-state index contributed by atoms with van der Waals surface area (Å²) in [5.41, 5.74) is 0.359. The average Bonchev–Trinajstić information content (AvgIpc) is 3.47. The van der Waals surface area contributed by atoms with Crippen LogP contribution in [0, 0.1) is 23.7 Å². The Morgan fingerprint density at radius 3 is 2.16 bits per heavy atom. The maximum absolute atomic E-state index is 12.9. The van der Waals surface area contributed by atoms with Gasteiger partial charge < -0.3 is 9.47 Å². The molecule has 10 nitrogen and oxygen atoms in total. The van der Waals surface area contributed by atoms with E-state index in [0.717, 1.165) is 6.42 Å². The van der Waals surface area contributed by atoms with Gasteiger partial charge in [0.2, 0.25) is 17.7 Å². The van der Waals surface area contributed by atoms with Crippen molar-refractivity contribution in [1.82, 2.24) is 9.97 Å². The van der Waals surface area contributed by atoms with E-state index >= 15 is 0 Å². The number of amides is 2. The molecule has 1 aromatic carbocycles. The normalized spacial score (nSPS) is 25.9. The Labute approximate surface area is 184 Å². The summed E-state index contributed by atoms with van der Waals surface area (Å²) in [4.78, 5) is 34.9. The number of sulfonamides is 1. The predicted molar refractivity (Wildman–Crippen MR) is 113 cm³/mol. The molecule has 0 spiro atoms. The van der Waals surface area contributed by atoms with Crippen molar-refractivity contribution in [1.29, 1.82) is 0 Å². The number of anilines is 2. The highest BCUT2D eigenvalue weighted by molar-refractivity contribution is 7.92. The van der Waals surface area contributed by atoms with Crippen LogP contribution in [-0.2, 0) is 19.6 Å². The second-order valence-electron chi connectivity index (χ2n) is 7.89.